The van der Waals surface area contributed by atoms with Crippen LogP contribution in [0.15, 0.2) is 53.4 Å². The fraction of sp³-hybridized carbons (Fsp3) is 0.458. The standard InChI is InChI=1S/C24H32N2O4S/c1-30-23-14-13-22(31(28,29)26-17-6-3-7-18-26)19-21(23)12-15-24(27)25-16-8-11-20-9-4-2-5-10-20/h2,4-5,9-10,13-14,19H,3,6-8,11-12,15-18H2,1H3,(H,25,27). The Morgan fingerprint density at radius 3 is 2.48 bits per heavy atom. The average molecular weight is 445 g/mol. The van der Waals surface area contributed by atoms with Crippen molar-refractivity contribution in [1.29, 1.82) is 0 Å². The minimum absolute atomic E-state index is 0.0422. The summed E-state index contributed by atoms with van der Waals surface area (Å²) in [5.74, 6) is 0.564. The molecule has 0 radical (unpaired) electrons. The summed E-state index contributed by atoms with van der Waals surface area (Å²) in [6.45, 7) is 1.75. The molecule has 1 aliphatic heterocycles. The van der Waals surface area contributed by atoms with Crippen LogP contribution in [0.5, 0.6) is 5.75 Å². The number of nitrogens with zero attached hydrogens (tertiary/aromatic N) is 1. The molecule has 0 saturated carbocycles. The van der Waals surface area contributed by atoms with Crippen molar-refractivity contribution in [2.24, 2.45) is 0 Å². The highest BCUT2D eigenvalue weighted by atomic mass is 32.2. The van der Waals surface area contributed by atoms with Crippen LogP contribution in [0.3, 0.4) is 0 Å². The Labute approximate surface area is 185 Å². The smallest absolute Gasteiger partial charge is 0.243 e. The fourth-order valence-corrected chi connectivity index (χ4v) is 5.43. The largest absolute Gasteiger partial charge is 0.496 e. The van der Waals surface area contributed by atoms with Gasteiger partial charge in [0.1, 0.15) is 5.75 Å². The first-order valence-electron chi connectivity index (χ1n) is 11.0. The number of nitrogens with one attached hydrogen (secondary N) is 1. The molecule has 1 aliphatic rings. The van der Waals surface area contributed by atoms with E-state index >= 15 is 0 Å². The summed E-state index contributed by atoms with van der Waals surface area (Å²) in [5.41, 5.74) is 1.99. The molecule has 0 aromatic heterocycles. The van der Waals surface area contributed by atoms with Gasteiger partial charge in [-0.2, -0.15) is 4.31 Å². The maximum absolute atomic E-state index is 13.0. The third-order valence-electron chi connectivity index (χ3n) is 5.63. The monoisotopic (exact) mass is 444 g/mol. The van der Waals surface area contributed by atoms with Gasteiger partial charge >= 0.3 is 0 Å². The molecule has 31 heavy (non-hydrogen) atoms. The van der Waals surface area contributed by atoms with Crippen LogP contribution in [-0.4, -0.2) is 45.4 Å². The molecule has 2 aromatic carbocycles. The number of aryl methyl sites for hydroxylation is 2. The summed E-state index contributed by atoms with van der Waals surface area (Å²) in [7, 11) is -1.96. The van der Waals surface area contributed by atoms with Crippen molar-refractivity contribution >= 4 is 15.9 Å². The summed E-state index contributed by atoms with van der Waals surface area (Å²) in [4.78, 5) is 12.5. The van der Waals surface area contributed by atoms with E-state index in [-0.39, 0.29) is 17.2 Å². The van der Waals surface area contributed by atoms with Crippen LogP contribution in [0.2, 0.25) is 0 Å². The van der Waals surface area contributed by atoms with E-state index in [2.05, 4.69) is 17.4 Å². The lowest BCUT2D eigenvalue weighted by Gasteiger charge is -2.26. The Hall–Kier alpha value is -2.38. The molecule has 0 atom stereocenters. The van der Waals surface area contributed by atoms with E-state index < -0.39 is 10.0 Å². The van der Waals surface area contributed by atoms with Gasteiger partial charge in [0, 0.05) is 26.1 Å². The van der Waals surface area contributed by atoms with Crippen LogP contribution in [-0.2, 0) is 27.7 Å². The van der Waals surface area contributed by atoms with Gasteiger partial charge < -0.3 is 10.1 Å². The molecule has 1 fully saturated rings. The maximum Gasteiger partial charge on any atom is 0.243 e. The van der Waals surface area contributed by atoms with Crippen molar-refractivity contribution in [1.82, 2.24) is 9.62 Å². The third kappa shape index (κ3) is 6.55. The first-order valence-corrected chi connectivity index (χ1v) is 12.4. The summed E-state index contributed by atoms with van der Waals surface area (Å²) in [5, 5.41) is 2.95. The lowest BCUT2D eigenvalue weighted by molar-refractivity contribution is -0.121. The zero-order valence-electron chi connectivity index (χ0n) is 18.2. The van der Waals surface area contributed by atoms with E-state index in [9.17, 15) is 13.2 Å². The van der Waals surface area contributed by atoms with Gasteiger partial charge in [0.05, 0.1) is 12.0 Å². The first-order chi connectivity index (χ1) is 15.0. The topological polar surface area (TPSA) is 75.7 Å². The number of piperidine rings is 1. The predicted molar refractivity (Wildman–Crippen MR) is 122 cm³/mol. The molecular weight excluding hydrogens is 412 g/mol. The molecule has 0 spiro atoms. The second-order valence-electron chi connectivity index (χ2n) is 7.88. The third-order valence-corrected chi connectivity index (χ3v) is 7.53. The highest BCUT2D eigenvalue weighted by molar-refractivity contribution is 7.89. The molecule has 1 N–H and O–H groups in total. The summed E-state index contributed by atoms with van der Waals surface area (Å²) < 4.78 is 32.9. The minimum atomic E-state index is -3.51. The average Bonchev–Trinajstić information content (AvgIpc) is 2.81. The van der Waals surface area contributed by atoms with Crippen LogP contribution < -0.4 is 10.1 Å². The normalized spacial score (nSPS) is 14.9. The predicted octanol–water partition coefficient (Wildman–Crippen LogP) is 3.55. The van der Waals surface area contributed by atoms with E-state index in [0.717, 1.165) is 37.7 Å². The number of sulfonamides is 1. The summed E-state index contributed by atoms with van der Waals surface area (Å²) in [6.07, 6.45) is 5.37. The molecule has 0 unspecified atom stereocenters. The Kier molecular flexibility index (Phi) is 8.49. The second kappa shape index (κ2) is 11.3. The van der Waals surface area contributed by atoms with Gasteiger partial charge in [-0.25, -0.2) is 8.42 Å². The van der Waals surface area contributed by atoms with Gasteiger partial charge in [-0.05, 0) is 61.4 Å². The van der Waals surface area contributed by atoms with Crippen molar-refractivity contribution in [3.05, 3.63) is 59.7 Å². The molecule has 0 aliphatic carbocycles. The van der Waals surface area contributed by atoms with E-state index in [0.29, 0.717) is 31.8 Å². The number of rotatable bonds is 10. The fourth-order valence-electron chi connectivity index (χ4n) is 3.87. The minimum Gasteiger partial charge on any atom is -0.496 e. The Morgan fingerprint density at radius 1 is 1.03 bits per heavy atom. The zero-order valence-corrected chi connectivity index (χ0v) is 19.0. The van der Waals surface area contributed by atoms with Gasteiger partial charge in [-0.15, -0.1) is 0 Å². The van der Waals surface area contributed by atoms with Crippen molar-refractivity contribution in [3.63, 3.8) is 0 Å². The van der Waals surface area contributed by atoms with E-state index in [1.807, 2.05) is 18.2 Å². The van der Waals surface area contributed by atoms with Gasteiger partial charge in [0.15, 0.2) is 0 Å². The number of carbonyl (C=O) groups is 1. The van der Waals surface area contributed by atoms with Gasteiger partial charge in [0.25, 0.3) is 0 Å². The number of carbonyl (C=O) groups excluding carboxylic acids is 1. The van der Waals surface area contributed by atoms with E-state index in [1.54, 1.807) is 29.6 Å². The van der Waals surface area contributed by atoms with Crippen LogP contribution in [0.4, 0.5) is 0 Å². The van der Waals surface area contributed by atoms with Crippen LogP contribution >= 0.6 is 0 Å². The Morgan fingerprint density at radius 2 is 1.77 bits per heavy atom. The maximum atomic E-state index is 13.0. The molecule has 6 nitrogen and oxygen atoms in total. The van der Waals surface area contributed by atoms with Crippen LogP contribution in [0.1, 0.15) is 43.2 Å². The van der Waals surface area contributed by atoms with Crippen molar-refractivity contribution < 1.29 is 17.9 Å². The molecule has 1 heterocycles. The first kappa shape index (κ1) is 23.3. The molecule has 2 aromatic rings. The van der Waals surface area contributed by atoms with Crippen molar-refractivity contribution in [2.45, 2.75) is 49.8 Å². The van der Waals surface area contributed by atoms with Gasteiger partial charge in [-0.3, -0.25) is 4.79 Å². The number of ether oxygens (including phenoxy) is 1. The second-order valence-corrected chi connectivity index (χ2v) is 9.82. The van der Waals surface area contributed by atoms with Crippen LogP contribution in [0, 0.1) is 0 Å². The van der Waals surface area contributed by atoms with E-state index in [1.165, 1.54) is 5.56 Å². The molecule has 168 valence electrons. The molecule has 0 bridgehead atoms. The summed E-state index contributed by atoms with van der Waals surface area (Å²) >= 11 is 0. The highest BCUT2D eigenvalue weighted by Crippen LogP contribution is 2.27. The molecular formula is C24H32N2O4S. The summed E-state index contributed by atoms with van der Waals surface area (Å²) in [6, 6.07) is 15.1. The van der Waals surface area contributed by atoms with Gasteiger partial charge in [0.2, 0.25) is 15.9 Å². The molecule has 3 rings (SSSR count). The zero-order chi connectivity index (χ0) is 22.1. The number of benzene rings is 2. The molecule has 1 amide bonds. The van der Waals surface area contributed by atoms with Crippen LogP contribution in [0.25, 0.3) is 0 Å². The molecule has 1 saturated heterocycles. The highest BCUT2D eigenvalue weighted by Gasteiger charge is 2.26. The van der Waals surface area contributed by atoms with Crippen molar-refractivity contribution in [3.8, 4) is 5.75 Å². The SMILES string of the molecule is COc1ccc(S(=O)(=O)N2CCCCC2)cc1CCC(=O)NCCCc1ccccc1. The van der Waals surface area contributed by atoms with Gasteiger partial charge in [-0.1, -0.05) is 36.8 Å². The number of hydrogen-bond acceptors (Lipinski definition) is 4. The number of amides is 1. The van der Waals surface area contributed by atoms with E-state index in [4.69, 9.17) is 4.74 Å². The Bertz CT molecular complexity index is 955. The lowest BCUT2D eigenvalue weighted by Crippen LogP contribution is -2.35. The number of hydrogen-bond donors (Lipinski definition) is 1. The lowest BCUT2D eigenvalue weighted by atomic mass is 10.1. The molecule has 7 heteroatoms. The number of methoxy groups -OCH3 is 1. The quantitative estimate of drug-likeness (QED) is 0.569. The van der Waals surface area contributed by atoms with Crippen molar-refractivity contribution in [2.75, 3.05) is 26.7 Å². The Balaban J connectivity index is 1.55.